The standard InChI is InChI=1S/C35H32ClN3O5/c1-21-17-28(40)26(19-27(21)36)32-31-33(38-37-32)35(41)39(16-15-22-9-12-25(42-2)13-10-22)34(31)24-11-14-29(30(18-24)43-3)44-20-23-7-5-4-6-8-23/h4-14,17-19,34,40H,15-16,20H2,1-3H3,(H,37,38). The lowest BCUT2D eigenvalue weighted by Crippen LogP contribution is -2.31. The third kappa shape index (κ3) is 5.56. The Bertz CT molecular complexity index is 1800. The molecule has 0 aliphatic carbocycles. The lowest BCUT2D eigenvalue weighted by molar-refractivity contribution is 0.0745. The van der Waals surface area contributed by atoms with Crippen LogP contribution in [0.15, 0.2) is 84.9 Å². The fourth-order valence-corrected chi connectivity index (χ4v) is 5.75. The number of nitrogens with one attached hydrogen (secondary N) is 1. The van der Waals surface area contributed by atoms with Crippen LogP contribution in [0.3, 0.4) is 0 Å². The molecule has 0 spiro atoms. The van der Waals surface area contributed by atoms with Gasteiger partial charge >= 0.3 is 0 Å². The highest BCUT2D eigenvalue weighted by atomic mass is 35.5. The lowest BCUT2D eigenvalue weighted by atomic mass is 9.94. The van der Waals surface area contributed by atoms with Crippen molar-refractivity contribution in [1.82, 2.24) is 15.1 Å². The first-order valence-electron chi connectivity index (χ1n) is 14.2. The van der Waals surface area contributed by atoms with Crippen molar-refractivity contribution in [2.45, 2.75) is 26.0 Å². The number of hydrogen-bond donors (Lipinski definition) is 2. The largest absolute Gasteiger partial charge is 0.507 e. The van der Waals surface area contributed by atoms with Gasteiger partial charge in [-0.3, -0.25) is 9.89 Å². The van der Waals surface area contributed by atoms with E-state index in [0.717, 1.165) is 28.0 Å². The number of aromatic amines is 1. The summed E-state index contributed by atoms with van der Waals surface area (Å²) in [7, 11) is 3.23. The molecule has 1 aromatic heterocycles. The van der Waals surface area contributed by atoms with Crippen LogP contribution in [0.4, 0.5) is 0 Å². The number of hydrogen-bond acceptors (Lipinski definition) is 6. The summed E-state index contributed by atoms with van der Waals surface area (Å²) in [5, 5.41) is 18.9. The summed E-state index contributed by atoms with van der Waals surface area (Å²) in [5.74, 6) is 1.75. The van der Waals surface area contributed by atoms with Crippen LogP contribution in [0.1, 0.15) is 44.3 Å². The van der Waals surface area contributed by atoms with Gasteiger partial charge in [0.15, 0.2) is 11.5 Å². The Morgan fingerprint density at radius 1 is 0.932 bits per heavy atom. The SMILES string of the molecule is COc1ccc(CCN2C(=O)c3[nH]nc(-c4cc(Cl)c(C)cc4O)c3C2c2ccc(OCc3ccccc3)c(OC)c2)cc1. The van der Waals surface area contributed by atoms with Gasteiger partial charge in [0.25, 0.3) is 5.91 Å². The summed E-state index contributed by atoms with van der Waals surface area (Å²) in [6, 6.07) is 26.2. The summed E-state index contributed by atoms with van der Waals surface area (Å²) >= 11 is 6.47. The lowest BCUT2D eigenvalue weighted by Gasteiger charge is -2.27. The molecule has 1 aliphatic heterocycles. The molecule has 9 heteroatoms. The van der Waals surface area contributed by atoms with Crippen LogP contribution in [-0.2, 0) is 13.0 Å². The minimum absolute atomic E-state index is 0.0336. The first-order valence-corrected chi connectivity index (χ1v) is 14.6. The van der Waals surface area contributed by atoms with Gasteiger partial charge in [-0.05, 0) is 72.0 Å². The molecule has 8 nitrogen and oxygen atoms in total. The third-order valence-corrected chi connectivity index (χ3v) is 8.34. The number of amides is 1. The Morgan fingerprint density at radius 2 is 1.70 bits per heavy atom. The van der Waals surface area contributed by atoms with Crippen LogP contribution in [0.2, 0.25) is 5.02 Å². The van der Waals surface area contributed by atoms with Gasteiger partial charge in [-0.15, -0.1) is 0 Å². The number of H-pyrrole nitrogens is 1. The van der Waals surface area contributed by atoms with E-state index >= 15 is 0 Å². The normalized spacial score (nSPS) is 14.0. The van der Waals surface area contributed by atoms with Gasteiger partial charge in [0.1, 0.15) is 29.5 Å². The fraction of sp³-hybridized carbons (Fsp3) is 0.200. The number of carbonyl (C=O) groups is 1. The van der Waals surface area contributed by atoms with Gasteiger partial charge in [0.05, 0.1) is 20.3 Å². The molecule has 1 amide bonds. The van der Waals surface area contributed by atoms with Gasteiger partial charge in [0, 0.05) is 22.7 Å². The molecule has 0 radical (unpaired) electrons. The summed E-state index contributed by atoms with van der Waals surface area (Å²) in [6.45, 7) is 2.64. The van der Waals surface area contributed by atoms with Crippen molar-refractivity contribution in [2.24, 2.45) is 0 Å². The van der Waals surface area contributed by atoms with E-state index in [4.69, 9.17) is 25.8 Å². The average molecular weight is 610 g/mol. The molecule has 6 rings (SSSR count). The molecule has 0 saturated heterocycles. The smallest absolute Gasteiger partial charge is 0.273 e. The minimum Gasteiger partial charge on any atom is -0.507 e. The van der Waals surface area contributed by atoms with Crippen LogP contribution >= 0.6 is 11.6 Å². The summed E-state index contributed by atoms with van der Waals surface area (Å²) in [4.78, 5) is 15.7. The zero-order chi connectivity index (χ0) is 30.8. The first-order chi connectivity index (χ1) is 21.4. The number of aromatic hydroxyl groups is 1. The van der Waals surface area contributed by atoms with Gasteiger partial charge in [-0.25, -0.2) is 0 Å². The predicted molar refractivity (Wildman–Crippen MR) is 169 cm³/mol. The second-order valence-corrected chi connectivity index (χ2v) is 11.1. The first kappa shape index (κ1) is 29.1. The van der Waals surface area contributed by atoms with E-state index in [9.17, 15) is 9.90 Å². The van der Waals surface area contributed by atoms with E-state index in [0.29, 0.717) is 58.6 Å². The number of ether oxygens (including phenoxy) is 3. The number of fused-ring (bicyclic) bond motifs is 1. The molecule has 0 fully saturated rings. The van der Waals surface area contributed by atoms with E-state index < -0.39 is 6.04 Å². The molecule has 1 atom stereocenters. The number of nitrogens with zero attached hydrogens (tertiary/aromatic N) is 2. The summed E-state index contributed by atoms with van der Waals surface area (Å²) in [6.07, 6.45) is 0.621. The molecule has 2 N–H and O–H groups in total. The van der Waals surface area contributed by atoms with Crippen LogP contribution in [0.5, 0.6) is 23.0 Å². The minimum atomic E-state index is -0.513. The highest BCUT2D eigenvalue weighted by Gasteiger charge is 2.42. The molecular weight excluding hydrogens is 578 g/mol. The molecule has 224 valence electrons. The molecule has 5 aromatic rings. The topological polar surface area (TPSA) is 96.9 Å². The molecule has 1 aliphatic rings. The van der Waals surface area contributed by atoms with E-state index in [1.807, 2.05) is 84.6 Å². The maximum absolute atomic E-state index is 13.9. The third-order valence-electron chi connectivity index (χ3n) is 7.94. The molecule has 0 bridgehead atoms. The second kappa shape index (κ2) is 12.3. The van der Waals surface area contributed by atoms with Crippen molar-refractivity contribution >= 4 is 17.5 Å². The number of aryl methyl sites for hydroxylation is 1. The molecule has 4 aromatic carbocycles. The molecule has 44 heavy (non-hydrogen) atoms. The zero-order valence-electron chi connectivity index (χ0n) is 24.6. The number of rotatable bonds is 10. The number of phenols is 1. The van der Waals surface area contributed by atoms with Crippen molar-refractivity contribution in [3.05, 3.63) is 123 Å². The van der Waals surface area contributed by atoms with Crippen molar-refractivity contribution in [3.63, 3.8) is 0 Å². The molecule has 1 unspecified atom stereocenters. The van der Waals surface area contributed by atoms with Gasteiger partial charge in [0.2, 0.25) is 0 Å². The monoisotopic (exact) mass is 609 g/mol. The number of phenolic OH excluding ortho intramolecular Hbond substituents is 1. The van der Waals surface area contributed by atoms with E-state index in [2.05, 4.69) is 10.2 Å². The van der Waals surface area contributed by atoms with E-state index in [-0.39, 0.29) is 11.7 Å². The average Bonchev–Trinajstić information content (AvgIpc) is 3.59. The van der Waals surface area contributed by atoms with Crippen molar-refractivity contribution in [2.75, 3.05) is 20.8 Å². The quantitative estimate of drug-likeness (QED) is 0.175. The molecule has 0 saturated carbocycles. The number of aromatic nitrogens is 2. The number of carbonyl (C=O) groups excluding carboxylic acids is 1. The van der Waals surface area contributed by atoms with Crippen molar-refractivity contribution < 1.29 is 24.1 Å². The van der Waals surface area contributed by atoms with Crippen molar-refractivity contribution in [3.8, 4) is 34.3 Å². The van der Waals surface area contributed by atoms with Gasteiger partial charge < -0.3 is 24.2 Å². The number of halogens is 1. The Kier molecular flexibility index (Phi) is 8.17. The Labute approximate surface area is 260 Å². The Balaban J connectivity index is 1.39. The highest BCUT2D eigenvalue weighted by molar-refractivity contribution is 6.31. The molecular formula is C35H32ClN3O5. The number of benzene rings is 4. The van der Waals surface area contributed by atoms with Gasteiger partial charge in [-0.2, -0.15) is 5.10 Å². The van der Waals surface area contributed by atoms with E-state index in [1.165, 1.54) is 0 Å². The number of methoxy groups -OCH3 is 2. The Hall–Kier alpha value is -4.95. The van der Waals surface area contributed by atoms with Gasteiger partial charge in [-0.1, -0.05) is 60.1 Å². The Morgan fingerprint density at radius 3 is 2.43 bits per heavy atom. The summed E-state index contributed by atoms with van der Waals surface area (Å²) < 4.78 is 17.2. The summed E-state index contributed by atoms with van der Waals surface area (Å²) in [5.41, 5.74) is 5.61. The molecule has 2 heterocycles. The maximum Gasteiger partial charge on any atom is 0.273 e. The fourth-order valence-electron chi connectivity index (χ4n) is 5.59. The maximum atomic E-state index is 13.9. The highest BCUT2D eigenvalue weighted by Crippen LogP contribution is 2.46. The van der Waals surface area contributed by atoms with Crippen molar-refractivity contribution in [1.29, 1.82) is 0 Å². The van der Waals surface area contributed by atoms with Crippen LogP contribution in [0.25, 0.3) is 11.3 Å². The van der Waals surface area contributed by atoms with Crippen LogP contribution in [0, 0.1) is 6.92 Å². The van der Waals surface area contributed by atoms with E-state index in [1.54, 1.807) is 26.4 Å². The van der Waals surface area contributed by atoms with Crippen LogP contribution in [-0.4, -0.2) is 46.9 Å². The predicted octanol–water partition coefficient (Wildman–Crippen LogP) is 7.13. The second-order valence-electron chi connectivity index (χ2n) is 10.7. The van der Waals surface area contributed by atoms with Crippen LogP contribution < -0.4 is 14.2 Å². The zero-order valence-corrected chi connectivity index (χ0v) is 25.4.